The first kappa shape index (κ1) is 28.5. The summed E-state index contributed by atoms with van der Waals surface area (Å²) >= 11 is 8.36. The van der Waals surface area contributed by atoms with Gasteiger partial charge in [-0.2, -0.15) is 0 Å². The molecule has 0 radical (unpaired) electrons. The number of aliphatic hydroxyl groups is 1. The zero-order chi connectivity index (χ0) is 25.7. The Morgan fingerprint density at radius 2 is 1.97 bits per heavy atom. The second-order valence-electron chi connectivity index (χ2n) is 8.90. The molecule has 0 fully saturated rings. The Morgan fingerprint density at radius 3 is 2.56 bits per heavy atom. The Balaban J connectivity index is 2.58. The molecule has 0 aromatic carbocycles. The summed E-state index contributed by atoms with van der Waals surface area (Å²) in [4.78, 5) is 29.4. The maximum atomic E-state index is 12.5. The molecule has 0 aliphatic carbocycles. The molecule has 0 unspecified atom stereocenters. The van der Waals surface area contributed by atoms with E-state index in [1.165, 1.54) is 12.3 Å². The van der Waals surface area contributed by atoms with Crippen molar-refractivity contribution in [3.05, 3.63) is 54.2 Å². The van der Waals surface area contributed by atoms with Gasteiger partial charge in [-0.25, -0.2) is 9.78 Å². The number of rotatable bonds is 10. The molecule has 10 heteroatoms. The van der Waals surface area contributed by atoms with Crippen molar-refractivity contribution in [2.45, 2.75) is 53.2 Å². The number of pyridine rings is 2. The third-order valence-electron chi connectivity index (χ3n) is 5.58. The second kappa shape index (κ2) is 11.8. The van der Waals surface area contributed by atoms with E-state index in [9.17, 15) is 14.7 Å². The molecule has 0 aliphatic rings. The van der Waals surface area contributed by atoms with Crippen LogP contribution in [0.4, 0.5) is 0 Å². The zero-order valence-corrected chi connectivity index (χ0v) is 23.3. The Kier molecular flexibility index (Phi) is 9.93. The van der Waals surface area contributed by atoms with Crippen LogP contribution in [0.25, 0.3) is 0 Å². The van der Waals surface area contributed by atoms with Crippen molar-refractivity contribution in [2.75, 3.05) is 26.9 Å². The van der Waals surface area contributed by atoms with E-state index in [4.69, 9.17) is 25.8 Å². The number of methoxy groups -OCH3 is 1. The number of hydrogen-bond acceptors (Lipinski definition) is 7. The average Bonchev–Trinajstić information content (AvgIpc) is 2.73. The molecule has 2 rings (SSSR count). The van der Waals surface area contributed by atoms with Gasteiger partial charge in [-0.1, -0.05) is 32.4 Å². The number of carbonyl (C=O) groups excluding carboxylic acids is 1. The van der Waals surface area contributed by atoms with E-state index in [-0.39, 0.29) is 23.7 Å². The van der Waals surface area contributed by atoms with Gasteiger partial charge in [0, 0.05) is 49.9 Å². The molecule has 0 amide bonds. The highest BCUT2D eigenvalue weighted by molar-refractivity contribution is 14.1. The van der Waals surface area contributed by atoms with Crippen molar-refractivity contribution in [1.29, 1.82) is 0 Å². The maximum absolute atomic E-state index is 12.5. The van der Waals surface area contributed by atoms with Crippen molar-refractivity contribution in [1.82, 2.24) is 9.55 Å². The molecule has 2 aromatic rings. The number of nitrogens with zero attached hydrogens (tertiary/aromatic N) is 2. The van der Waals surface area contributed by atoms with Crippen LogP contribution in [0.3, 0.4) is 0 Å². The first-order valence-electron chi connectivity index (χ1n) is 11.0. The summed E-state index contributed by atoms with van der Waals surface area (Å²) in [5, 5.41) is 12.3. The summed E-state index contributed by atoms with van der Waals surface area (Å²) in [5.41, 5.74) is -1.78. The highest BCUT2D eigenvalue weighted by Gasteiger charge is 2.43. The molecular formula is C24H32ClIN2O6. The van der Waals surface area contributed by atoms with Gasteiger partial charge < -0.3 is 23.9 Å². The molecule has 0 bridgehead atoms. The molecule has 0 aliphatic heterocycles. The monoisotopic (exact) mass is 606 g/mol. The lowest BCUT2D eigenvalue weighted by molar-refractivity contribution is -0.130. The van der Waals surface area contributed by atoms with Crippen LogP contribution in [0.2, 0.25) is 5.15 Å². The Hall–Kier alpha value is -1.69. The minimum Gasteiger partial charge on any atom is -0.490 e. The van der Waals surface area contributed by atoms with E-state index < -0.39 is 22.5 Å². The van der Waals surface area contributed by atoms with Crippen molar-refractivity contribution in [2.24, 2.45) is 5.41 Å². The van der Waals surface area contributed by atoms with Gasteiger partial charge in [0.2, 0.25) is 0 Å². The van der Waals surface area contributed by atoms with E-state index in [1.54, 1.807) is 31.6 Å². The van der Waals surface area contributed by atoms with Gasteiger partial charge in [0.25, 0.3) is 0 Å². The summed E-state index contributed by atoms with van der Waals surface area (Å²) in [6, 6.07) is 3.04. The van der Waals surface area contributed by atoms with Crippen molar-refractivity contribution < 1.29 is 24.1 Å². The minimum atomic E-state index is -1.53. The van der Waals surface area contributed by atoms with Crippen molar-refractivity contribution >= 4 is 40.2 Å². The van der Waals surface area contributed by atoms with Crippen LogP contribution >= 0.6 is 34.2 Å². The van der Waals surface area contributed by atoms with Gasteiger partial charge in [0.15, 0.2) is 16.3 Å². The molecule has 1 N–H and O–H groups in total. The highest BCUT2D eigenvalue weighted by atomic mass is 127. The van der Waals surface area contributed by atoms with Crippen LogP contribution in [-0.4, -0.2) is 47.6 Å². The predicted octanol–water partition coefficient (Wildman–Crippen LogP) is 4.34. The highest BCUT2D eigenvalue weighted by Crippen LogP contribution is 2.40. The fraction of sp³-hybridized carbons (Fsp3) is 0.542. The van der Waals surface area contributed by atoms with Gasteiger partial charge in [0.1, 0.15) is 15.0 Å². The third-order valence-corrected chi connectivity index (χ3v) is 6.79. The van der Waals surface area contributed by atoms with Crippen molar-refractivity contribution in [3.8, 4) is 5.75 Å². The van der Waals surface area contributed by atoms with Crippen LogP contribution < -0.4 is 10.2 Å². The molecular weight excluding hydrogens is 575 g/mol. The predicted molar refractivity (Wildman–Crippen MR) is 139 cm³/mol. The van der Waals surface area contributed by atoms with E-state index in [2.05, 4.69) is 27.6 Å². The lowest BCUT2D eigenvalue weighted by atomic mass is 9.78. The lowest BCUT2D eigenvalue weighted by Crippen LogP contribution is -2.49. The van der Waals surface area contributed by atoms with Crippen LogP contribution in [0.5, 0.6) is 5.75 Å². The molecule has 2 aromatic heterocycles. The molecule has 2 heterocycles. The summed E-state index contributed by atoms with van der Waals surface area (Å²) in [7, 11) is 1.62. The number of esters is 1. The SMILES string of the molecule is CCOC(=O)c1c(C)n([C@](O)(Cc2cc(OCCCOC)c(Cl)nc2I)C(C)(C)C)ccc1=O. The number of ether oxygens (including phenoxy) is 3. The summed E-state index contributed by atoms with van der Waals surface area (Å²) in [6.45, 7) is 10.0. The normalized spacial score (nSPS) is 13.4. The Morgan fingerprint density at radius 1 is 1.29 bits per heavy atom. The molecule has 188 valence electrons. The summed E-state index contributed by atoms with van der Waals surface area (Å²) in [5.74, 6) is -0.307. The number of halogens is 2. The van der Waals surface area contributed by atoms with Crippen LogP contribution in [0, 0.1) is 16.0 Å². The molecule has 0 saturated heterocycles. The van der Waals surface area contributed by atoms with Crippen LogP contribution in [0.15, 0.2) is 23.1 Å². The standard InChI is InChI=1S/C24H32ClIN2O6/c1-7-33-22(30)19-15(2)28(10-9-17(19)29)24(31,23(3,4)5)14-16-13-18(20(25)27-21(16)26)34-12-8-11-32-6/h9-10,13,31H,7-8,11-12,14H2,1-6H3/t24-/m0/s1. The van der Waals surface area contributed by atoms with Crippen molar-refractivity contribution in [3.63, 3.8) is 0 Å². The van der Waals surface area contributed by atoms with Gasteiger partial charge in [-0.3, -0.25) is 4.79 Å². The smallest absolute Gasteiger partial charge is 0.343 e. The topological polar surface area (TPSA) is 99.9 Å². The van der Waals surface area contributed by atoms with Crippen LogP contribution in [-0.2, 0) is 21.6 Å². The number of aromatic nitrogens is 2. The molecule has 8 nitrogen and oxygen atoms in total. The van der Waals surface area contributed by atoms with E-state index in [0.29, 0.717) is 40.3 Å². The quantitative estimate of drug-likeness (QED) is 0.186. The van der Waals surface area contributed by atoms with E-state index >= 15 is 0 Å². The zero-order valence-electron chi connectivity index (χ0n) is 20.4. The van der Waals surface area contributed by atoms with E-state index in [1.807, 2.05) is 20.8 Å². The first-order valence-corrected chi connectivity index (χ1v) is 12.4. The average molecular weight is 607 g/mol. The van der Waals surface area contributed by atoms with Crippen LogP contribution in [0.1, 0.15) is 55.7 Å². The van der Waals surface area contributed by atoms with Gasteiger partial charge in [-0.05, 0) is 48.1 Å². The number of carbonyl (C=O) groups is 1. The summed E-state index contributed by atoms with van der Waals surface area (Å²) < 4.78 is 18.1. The summed E-state index contributed by atoms with van der Waals surface area (Å²) in [6.07, 6.45) is 2.32. The third kappa shape index (κ3) is 6.30. The minimum absolute atomic E-state index is 0.0990. The second-order valence-corrected chi connectivity index (χ2v) is 10.3. The maximum Gasteiger partial charge on any atom is 0.343 e. The van der Waals surface area contributed by atoms with E-state index in [0.717, 1.165) is 0 Å². The van der Waals surface area contributed by atoms with Gasteiger partial charge in [-0.15, -0.1) is 0 Å². The Labute approximate surface area is 218 Å². The largest absolute Gasteiger partial charge is 0.490 e. The first-order chi connectivity index (χ1) is 15.9. The lowest BCUT2D eigenvalue weighted by Gasteiger charge is -2.43. The molecule has 1 atom stereocenters. The van der Waals surface area contributed by atoms with Gasteiger partial charge in [0.05, 0.1) is 13.2 Å². The Bertz CT molecular complexity index is 1080. The fourth-order valence-corrected chi connectivity index (χ4v) is 4.49. The fourth-order valence-electron chi connectivity index (χ4n) is 3.57. The van der Waals surface area contributed by atoms with Gasteiger partial charge >= 0.3 is 5.97 Å². The molecule has 34 heavy (non-hydrogen) atoms. The molecule has 0 spiro atoms. The molecule has 0 saturated carbocycles. The number of hydrogen-bond donors (Lipinski definition) is 1.